The van der Waals surface area contributed by atoms with Crippen LogP contribution >= 0.6 is 0 Å². The molecule has 18 heteroatoms. The van der Waals surface area contributed by atoms with Gasteiger partial charge in [0.05, 0.1) is 39.6 Å². The second-order valence-electron chi connectivity index (χ2n) is 16.5. The molecule has 5 amide bonds. The zero-order chi connectivity index (χ0) is 46.2. The number of unbranched alkanes of at least 4 members (excludes halogenated alkanes) is 15. The predicted octanol–water partition coefficient (Wildman–Crippen LogP) is 4.15. The quantitative estimate of drug-likeness (QED) is 0.0425. The second kappa shape index (κ2) is 39.7. The van der Waals surface area contributed by atoms with E-state index in [1.807, 2.05) is 0 Å². The fourth-order valence-corrected chi connectivity index (χ4v) is 7.28. The Bertz CT molecular complexity index is 1270. The lowest BCUT2D eigenvalue weighted by Gasteiger charge is -2.28. The smallest absolute Gasteiger partial charge is 0.326 e. The molecule has 8 N–H and O–H groups in total. The second-order valence-corrected chi connectivity index (χ2v) is 16.5. The molecule has 18 nitrogen and oxygen atoms in total. The van der Waals surface area contributed by atoms with Crippen LogP contribution in [0.3, 0.4) is 0 Å². The number of amides is 5. The van der Waals surface area contributed by atoms with Crippen molar-refractivity contribution in [3.63, 3.8) is 0 Å². The molecule has 0 bridgehead atoms. The van der Waals surface area contributed by atoms with E-state index in [0.29, 0.717) is 32.2 Å². The number of carboxylic acids is 2. The lowest BCUT2D eigenvalue weighted by atomic mass is 9.81. The highest BCUT2D eigenvalue weighted by atomic mass is 16.5. The molecule has 1 atom stereocenters. The van der Waals surface area contributed by atoms with E-state index in [0.717, 1.165) is 51.4 Å². The van der Waals surface area contributed by atoms with Gasteiger partial charge in [-0.2, -0.15) is 0 Å². The maximum absolute atomic E-state index is 12.9. The Kier molecular flexibility index (Phi) is 36.0. The molecule has 0 heterocycles. The van der Waals surface area contributed by atoms with Crippen LogP contribution < -0.4 is 27.0 Å². The lowest BCUT2D eigenvalue weighted by molar-refractivity contribution is -0.143. The van der Waals surface area contributed by atoms with Crippen LogP contribution in [0.25, 0.3) is 0 Å². The van der Waals surface area contributed by atoms with Gasteiger partial charge in [0.25, 0.3) is 0 Å². The highest BCUT2D eigenvalue weighted by molar-refractivity contribution is 5.85. The van der Waals surface area contributed by atoms with Gasteiger partial charge in [0.2, 0.25) is 29.5 Å². The van der Waals surface area contributed by atoms with Crippen molar-refractivity contribution in [1.82, 2.24) is 21.3 Å². The molecule has 0 spiro atoms. The van der Waals surface area contributed by atoms with Crippen LogP contribution in [0.2, 0.25) is 0 Å². The highest BCUT2D eigenvalue weighted by Gasteiger charge is 2.29. The van der Waals surface area contributed by atoms with E-state index in [4.69, 9.17) is 29.8 Å². The fraction of sp³-hybridized carbons (Fsp3) is 0.844. The number of carbonyl (C=O) groups is 7. The van der Waals surface area contributed by atoms with Crippen molar-refractivity contribution in [2.75, 3.05) is 72.5 Å². The summed E-state index contributed by atoms with van der Waals surface area (Å²) in [6, 6.07) is -1.18. The largest absolute Gasteiger partial charge is 0.481 e. The molecule has 0 unspecified atom stereocenters. The van der Waals surface area contributed by atoms with Gasteiger partial charge in [-0.05, 0) is 50.9 Å². The summed E-state index contributed by atoms with van der Waals surface area (Å²) in [6.07, 6.45) is 22.2. The number of nitrogens with one attached hydrogen (secondary N) is 4. The van der Waals surface area contributed by atoms with E-state index >= 15 is 0 Å². The molecule has 1 saturated carbocycles. The lowest BCUT2D eigenvalue weighted by Crippen LogP contribution is -2.45. The van der Waals surface area contributed by atoms with Gasteiger partial charge in [-0.1, -0.05) is 89.9 Å². The van der Waals surface area contributed by atoms with Gasteiger partial charge in [-0.15, -0.1) is 0 Å². The maximum atomic E-state index is 12.9. The summed E-state index contributed by atoms with van der Waals surface area (Å²) in [5.74, 6) is -3.40. The van der Waals surface area contributed by atoms with Crippen molar-refractivity contribution in [2.24, 2.45) is 17.6 Å². The summed E-state index contributed by atoms with van der Waals surface area (Å²) >= 11 is 0. The molecule has 0 aliphatic heterocycles. The first-order valence-corrected chi connectivity index (χ1v) is 23.6. The van der Waals surface area contributed by atoms with E-state index in [1.54, 1.807) is 0 Å². The van der Waals surface area contributed by atoms with Crippen LogP contribution in [0.5, 0.6) is 0 Å². The number of hydrogen-bond donors (Lipinski definition) is 7. The minimum Gasteiger partial charge on any atom is -0.481 e. The third-order valence-corrected chi connectivity index (χ3v) is 11.0. The Morgan fingerprint density at radius 2 is 0.952 bits per heavy atom. The van der Waals surface area contributed by atoms with Crippen LogP contribution in [-0.4, -0.2) is 130 Å². The number of carboxylic acid groups (broad SMARTS) is 2. The molecule has 1 aliphatic carbocycles. The van der Waals surface area contributed by atoms with Gasteiger partial charge in [-0.25, -0.2) is 4.79 Å². The van der Waals surface area contributed by atoms with Gasteiger partial charge in [0.15, 0.2) is 0 Å². The molecule has 63 heavy (non-hydrogen) atoms. The van der Waals surface area contributed by atoms with Crippen molar-refractivity contribution < 1.29 is 62.7 Å². The Morgan fingerprint density at radius 1 is 0.508 bits per heavy atom. The van der Waals surface area contributed by atoms with Crippen LogP contribution in [0.1, 0.15) is 154 Å². The van der Waals surface area contributed by atoms with Crippen LogP contribution in [0, 0.1) is 11.8 Å². The highest BCUT2D eigenvalue weighted by Crippen LogP contribution is 2.29. The van der Waals surface area contributed by atoms with Gasteiger partial charge in [0.1, 0.15) is 19.3 Å². The minimum absolute atomic E-state index is 0.0497. The Labute approximate surface area is 375 Å². The Morgan fingerprint density at radius 3 is 1.44 bits per heavy atom. The van der Waals surface area contributed by atoms with Gasteiger partial charge >= 0.3 is 11.9 Å². The third-order valence-electron chi connectivity index (χ3n) is 11.0. The molecular formula is C45H81N5O13. The van der Waals surface area contributed by atoms with Crippen LogP contribution in [-0.2, 0) is 52.5 Å². The average molecular weight is 900 g/mol. The van der Waals surface area contributed by atoms with E-state index in [9.17, 15) is 38.7 Å². The standard InChI is InChI=1S/C45H81N5O13/c46-39(51)34-62-31-29-61-28-26-48-42(54)35-63-32-30-60-27-25-47-41(53)24-23-38(45(58)59)50-44(57)37-21-19-36(20-22-37)33-49-40(52)17-15-13-11-9-7-5-3-1-2-4-6-8-10-12-14-16-18-43(55)56/h36-38H,1-35H2,(H2,46,51)(H,47,53)(H,48,54)(H,49,52)(H,50,57)(H,55,56)(H,58,59)/t36?,37?,38-/m0/s1. The number of hydrogen-bond acceptors (Lipinski definition) is 11. The van der Waals surface area contributed by atoms with E-state index in [2.05, 4.69) is 21.3 Å². The monoisotopic (exact) mass is 900 g/mol. The SMILES string of the molecule is NC(=O)COCCOCCNC(=O)COCCOCCNC(=O)CC[C@H](NC(=O)C1CCC(CNC(=O)CCCCCCCCCCCCCCCCCCC(=O)O)CC1)C(=O)O. The molecule has 0 aromatic heterocycles. The van der Waals surface area contributed by atoms with Crippen molar-refractivity contribution >= 4 is 41.5 Å². The minimum atomic E-state index is -1.20. The first kappa shape index (κ1) is 57.1. The first-order valence-electron chi connectivity index (χ1n) is 23.6. The molecule has 1 fully saturated rings. The average Bonchev–Trinajstić information content (AvgIpc) is 3.25. The van der Waals surface area contributed by atoms with E-state index < -0.39 is 23.9 Å². The molecule has 1 rings (SSSR count). The topological polar surface area (TPSA) is 271 Å². The third kappa shape index (κ3) is 36.2. The number of ether oxygens (including phenoxy) is 4. The summed E-state index contributed by atoms with van der Waals surface area (Å²) < 4.78 is 20.8. The van der Waals surface area contributed by atoms with Crippen LogP contribution in [0.4, 0.5) is 0 Å². The normalized spacial score (nSPS) is 15.3. The Hall–Kier alpha value is -3.87. The van der Waals surface area contributed by atoms with Gasteiger partial charge < -0.3 is 56.2 Å². The molecule has 1 aliphatic rings. The zero-order valence-corrected chi connectivity index (χ0v) is 37.9. The molecule has 0 aromatic carbocycles. The summed E-state index contributed by atoms with van der Waals surface area (Å²) in [5.41, 5.74) is 4.95. The van der Waals surface area contributed by atoms with Crippen molar-refractivity contribution in [2.45, 2.75) is 160 Å². The number of carbonyl (C=O) groups excluding carboxylic acids is 5. The Balaban J connectivity index is 2.00. The molecular weight excluding hydrogens is 819 g/mol. The summed E-state index contributed by atoms with van der Waals surface area (Å²) in [6.45, 7) is 2.06. The zero-order valence-electron chi connectivity index (χ0n) is 37.9. The van der Waals surface area contributed by atoms with Gasteiger partial charge in [-0.3, -0.25) is 28.8 Å². The molecule has 0 saturated heterocycles. The van der Waals surface area contributed by atoms with Crippen molar-refractivity contribution in [3.8, 4) is 0 Å². The van der Waals surface area contributed by atoms with Crippen molar-refractivity contribution in [3.05, 3.63) is 0 Å². The molecule has 0 radical (unpaired) electrons. The van der Waals surface area contributed by atoms with E-state index in [-0.39, 0.29) is 114 Å². The summed E-state index contributed by atoms with van der Waals surface area (Å²) in [7, 11) is 0. The summed E-state index contributed by atoms with van der Waals surface area (Å²) in [4.78, 5) is 82.4. The molecule has 0 aromatic rings. The fourth-order valence-electron chi connectivity index (χ4n) is 7.28. The number of nitrogens with two attached hydrogens (primary N) is 1. The maximum Gasteiger partial charge on any atom is 0.326 e. The molecule has 364 valence electrons. The van der Waals surface area contributed by atoms with Gasteiger partial charge in [0, 0.05) is 44.8 Å². The van der Waals surface area contributed by atoms with Crippen LogP contribution in [0.15, 0.2) is 0 Å². The number of rotatable bonds is 43. The number of primary amides is 1. The first-order chi connectivity index (χ1) is 30.5. The summed E-state index contributed by atoms with van der Waals surface area (Å²) in [5, 5.41) is 29.3. The number of aliphatic carboxylic acids is 2. The van der Waals surface area contributed by atoms with Crippen molar-refractivity contribution in [1.29, 1.82) is 0 Å². The van der Waals surface area contributed by atoms with E-state index in [1.165, 1.54) is 64.2 Å². The predicted molar refractivity (Wildman–Crippen MR) is 236 cm³/mol.